The van der Waals surface area contributed by atoms with E-state index in [1.807, 2.05) is 0 Å². The molecule has 0 radical (unpaired) electrons. The Balaban J connectivity index is 1.31. The topological polar surface area (TPSA) is 159 Å². The normalized spacial score (nSPS) is 37.1. The second kappa shape index (κ2) is 14.7. The van der Waals surface area contributed by atoms with E-state index in [2.05, 4.69) is 65.2 Å². The Morgan fingerprint density at radius 2 is 1.48 bits per heavy atom. The van der Waals surface area contributed by atoms with Crippen LogP contribution in [0.4, 0.5) is 0 Å². The summed E-state index contributed by atoms with van der Waals surface area (Å²) in [6.07, 6.45) is 14.3. The molecule has 0 aliphatic heterocycles. The average Bonchev–Trinajstić information content (AvgIpc) is 3.05. The van der Waals surface area contributed by atoms with Crippen molar-refractivity contribution < 1.29 is 38.9 Å². The van der Waals surface area contributed by atoms with Gasteiger partial charge in [0.25, 0.3) is 0 Å². The molecule has 5 aliphatic rings. The fourth-order valence-corrected chi connectivity index (χ4v) is 12.5. The van der Waals surface area contributed by atoms with Gasteiger partial charge in [-0.3, -0.25) is 24.0 Å². The first-order chi connectivity index (χ1) is 24.2. The molecule has 2 amide bonds. The van der Waals surface area contributed by atoms with E-state index in [4.69, 9.17) is 14.9 Å². The van der Waals surface area contributed by atoms with Crippen LogP contribution in [0.2, 0.25) is 0 Å². The molecule has 5 rings (SSSR count). The van der Waals surface area contributed by atoms with Crippen LogP contribution in [-0.2, 0) is 28.7 Å². The Bertz CT molecular complexity index is 1450. The molecule has 0 aromatic carbocycles. The third-order valence-corrected chi connectivity index (χ3v) is 15.6. The number of hydrogen-bond acceptors (Lipinski definition) is 6. The lowest BCUT2D eigenvalue weighted by atomic mass is 9.33. The minimum Gasteiger partial charge on any atom is -0.481 e. The molecule has 0 bridgehead atoms. The minimum absolute atomic E-state index is 0.0166. The van der Waals surface area contributed by atoms with Gasteiger partial charge in [-0.25, -0.2) is 0 Å². The SMILES string of the molecule is CC1(C)CC[C@]2(C(=O)NCCCCCC(=O)NCC(=O)O)CC[C@]3(C)C(=CCC4[C@@]5(C)CC[C@H](OC(=O)CCC(=O)O)C(C)(C)C5CC[C@]43C)C2C1. The fourth-order valence-electron chi connectivity index (χ4n) is 12.5. The largest absolute Gasteiger partial charge is 0.481 e. The summed E-state index contributed by atoms with van der Waals surface area (Å²) in [7, 11) is 0. The number of ether oxygens (including phenoxy) is 1. The summed E-state index contributed by atoms with van der Waals surface area (Å²) >= 11 is 0. The predicted octanol–water partition coefficient (Wildman–Crippen LogP) is 7.44. The van der Waals surface area contributed by atoms with E-state index in [1.54, 1.807) is 0 Å². The van der Waals surface area contributed by atoms with Crippen molar-refractivity contribution in [2.24, 2.45) is 50.2 Å². The zero-order valence-electron chi connectivity index (χ0n) is 33.0. The maximum Gasteiger partial charge on any atom is 0.322 e. The molecule has 4 fully saturated rings. The summed E-state index contributed by atoms with van der Waals surface area (Å²) in [6.45, 7) is 17.0. The van der Waals surface area contributed by atoms with Crippen molar-refractivity contribution >= 4 is 29.7 Å². The molecule has 0 spiro atoms. The van der Waals surface area contributed by atoms with Crippen LogP contribution in [0.5, 0.6) is 0 Å². The molecule has 52 heavy (non-hydrogen) atoms. The third-order valence-electron chi connectivity index (χ3n) is 15.6. The number of carboxylic acids is 2. The van der Waals surface area contributed by atoms with Crippen molar-refractivity contribution in [3.63, 3.8) is 0 Å². The minimum atomic E-state index is -1.05. The number of amides is 2. The third kappa shape index (κ3) is 7.30. The molecule has 292 valence electrons. The number of carboxylic acid groups (broad SMARTS) is 2. The second-order valence-electron chi connectivity index (χ2n) is 19.3. The van der Waals surface area contributed by atoms with Gasteiger partial charge in [-0.15, -0.1) is 0 Å². The maximum atomic E-state index is 14.4. The maximum absolute atomic E-state index is 14.4. The highest BCUT2D eigenvalue weighted by atomic mass is 16.5. The lowest BCUT2D eigenvalue weighted by Crippen LogP contribution is -2.65. The van der Waals surface area contributed by atoms with Crippen LogP contribution in [0, 0.1) is 50.2 Å². The van der Waals surface area contributed by atoms with E-state index in [-0.39, 0.29) is 76.7 Å². The first-order valence-corrected chi connectivity index (χ1v) is 20.1. The van der Waals surface area contributed by atoms with Gasteiger partial charge in [0, 0.05) is 18.4 Å². The van der Waals surface area contributed by atoms with E-state index in [9.17, 15) is 24.0 Å². The quantitative estimate of drug-likeness (QED) is 0.0866. The van der Waals surface area contributed by atoms with E-state index in [1.165, 1.54) is 5.57 Å². The van der Waals surface area contributed by atoms with Gasteiger partial charge in [0.15, 0.2) is 0 Å². The number of allylic oxidation sites excluding steroid dienone is 2. The van der Waals surface area contributed by atoms with Gasteiger partial charge in [0.05, 0.1) is 18.3 Å². The summed E-state index contributed by atoms with van der Waals surface area (Å²) in [5.41, 5.74) is 1.17. The number of rotatable bonds is 13. The van der Waals surface area contributed by atoms with Crippen molar-refractivity contribution in [2.45, 2.75) is 157 Å². The molecular formula is C42H66N2O8. The fraction of sp³-hybridized carbons (Fsp3) is 0.833. The smallest absolute Gasteiger partial charge is 0.322 e. The van der Waals surface area contributed by atoms with Gasteiger partial charge in [-0.2, -0.15) is 0 Å². The molecule has 3 unspecified atom stereocenters. The van der Waals surface area contributed by atoms with Crippen LogP contribution in [0.25, 0.3) is 0 Å². The zero-order chi connectivity index (χ0) is 38.3. The van der Waals surface area contributed by atoms with Crippen LogP contribution in [-0.4, -0.2) is 59.1 Å². The summed E-state index contributed by atoms with van der Waals surface area (Å²) in [5, 5.41) is 23.6. The predicted molar refractivity (Wildman–Crippen MR) is 198 cm³/mol. The molecule has 5 aliphatic carbocycles. The Labute approximate surface area is 311 Å². The van der Waals surface area contributed by atoms with E-state index in [0.717, 1.165) is 77.0 Å². The van der Waals surface area contributed by atoms with Gasteiger partial charge in [-0.05, 0) is 116 Å². The van der Waals surface area contributed by atoms with Crippen molar-refractivity contribution in [2.75, 3.05) is 13.1 Å². The monoisotopic (exact) mass is 726 g/mol. The lowest BCUT2D eigenvalue weighted by Gasteiger charge is -2.71. The van der Waals surface area contributed by atoms with Gasteiger partial charge < -0.3 is 25.6 Å². The lowest BCUT2D eigenvalue weighted by molar-refractivity contribution is -0.213. The number of hydrogen-bond donors (Lipinski definition) is 4. The Kier molecular flexibility index (Phi) is 11.4. The molecule has 0 heterocycles. The number of aliphatic carboxylic acids is 2. The highest BCUT2D eigenvalue weighted by Gasteiger charge is 2.69. The van der Waals surface area contributed by atoms with Gasteiger partial charge in [0.1, 0.15) is 12.6 Å². The van der Waals surface area contributed by atoms with E-state index < -0.39 is 23.3 Å². The van der Waals surface area contributed by atoms with Crippen LogP contribution in [0.3, 0.4) is 0 Å². The summed E-state index contributed by atoms with van der Waals surface area (Å²) in [4.78, 5) is 60.7. The molecular weight excluding hydrogens is 660 g/mol. The van der Waals surface area contributed by atoms with Crippen molar-refractivity contribution in [1.29, 1.82) is 0 Å². The number of carbonyl (C=O) groups is 5. The number of esters is 1. The highest BCUT2D eigenvalue weighted by molar-refractivity contribution is 5.84. The number of carbonyl (C=O) groups excluding carboxylic acids is 3. The Morgan fingerprint density at radius 3 is 2.17 bits per heavy atom. The molecule has 4 N–H and O–H groups in total. The van der Waals surface area contributed by atoms with Crippen LogP contribution < -0.4 is 10.6 Å². The second-order valence-corrected chi connectivity index (χ2v) is 19.3. The summed E-state index contributed by atoms with van der Waals surface area (Å²) in [6, 6.07) is 0. The summed E-state index contributed by atoms with van der Waals surface area (Å²) in [5.74, 6) is -1.46. The number of unbranched alkanes of at least 4 members (excludes halogenated alkanes) is 2. The van der Waals surface area contributed by atoms with Crippen molar-refractivity contribution in [1.82, 2.24) is 10.6 Å². The van der Waals surface area contributed by atoms with E-state index >= 15 is 0 Å². The highest BCUT2D eigenvalue weighted by Crippen LogP contribution is 2.75. The van der Waals surface area contributed by atoms with Crippen molar-refractivity contribution in [3.05, 3.63) is 11.6 Å². The average molecular weight is 727 g/mol. The molecule has 4 saturated carbocycles. The molecule has 10 heteroatoms. The first-order valence-electron chi connectivity index (χ1n) is 20.1. The molecule has 10 nitrogen and oxygen atoms in total. The van der Waals surface area contributed by atoms with Gasteiger partial charge in [-0.1, -0.05) is 66.5 Å². The van der Waals surface area contributed by atoms with Gasteiger partial charge in [0.2, 0.25) is 11.8 Å². The van der Waals surface area contributed by atoms with Crippen molar-refractivity contribution in [3.8, 4) is 0 Å². The van der Waals surface area contributed by atoms with Crippen LogP contribution >= 0.6 is 0 Å². The Morgan fingerprint density at radius 1 is 0.769 bits per heavy atom. The first kappa shape index (κ1) is 40.3. The summed E-state index contributed by atoms with van der Waals surface area (Å²) < 4.78 is 6.02. The van der Waals surface area contributed by atoms with Gasteiger partial charge >= 0.3 is 17.9 Å². The molecule has 0 aromatic heterocycles. The molecule has 0 aromatic rings. The standard InChI is InChI=1S/C42H66N2O8/c1-37(2)20-22-42(36(51)43-24-10-8-9-11-32(45)44-26-34(48)49)23-21-40(6)27(28(42)25-37)12-13-30-39(5)18-17-31(52-35(50)15-14-33(46)47)38(3,4)29(39)16-19-41(30,40)7/h12,28-31H,8-11,13-26H2,1-7H3,(H,43,51)(H,44,45)(H,46,47)(H,48,49)/t28?,29?,30?,31-,39-,40+,41+,42-/m0/s1. The number of nitrogens with one attached hydrogen (secondary N) is 2. The Hall–Kier alpha value is -2.91. The zero-order valence-corrected chi connectivity index (χ0v) is 33.0. The van der Waals surface area contributed by atoms with Crippen LogP contribution in [0.1, 0.15) is 151 Å². The molecule has 8 atom stereocenters. The molecule has 0 saturated heterocycles. The van der Waals surface area contributed by atoms with Crippen LogP contribution in [0.15, 0.2) is 11.6 Å². The van der Waals surface area contributed by atoms with E-state index in [0.29, 0.717) is 24.8 Å². The number of fused-ring (bicyclic) bond motifs is 7.